The molecule has 8 heteroatoms. The van der Waals surface area contributed by atoms with Crippen molar-refractivity contribution in [2.24, 2.45) is 0 Å². The van der Waals surface area contributed by atoms with E-state index in [4.69, 9.17) is 14.2 Å². The van der Waals surface area contributed by atoms with Crippen LogP contribution in [0.2, 0.25) is 0 Å². The number of ether oxygens (including phenoxy) is 3. The van der Waals surface area contributed by atoms with Crippen LogP contribution in [0.3, 0.4) is 0 Å². The minimum Gasteiger partial charge on any atom is -0.477 e. The van der Waals surface area contributed by atoms with Crippen LogP contribution in [0.15, 0.2) is 36.5 Å². The number of rotatable bonds is 54. The van der Waals surface area contributed by atoms with E-state index in [1.54, 1.807) is 0 Å². The Labute approximate surface area is 427 Å². The lowest BCUT2D eigenvalue weighted by molar-refractivity contribution is -0.887. The van der Waals surface area contributed by atoms with E-state index in [0.29, 0.717) is 19.3 Å². The molecular weight excluding hydrogens is 859 g/mol. The molecule has 2 unspecified atom stereocenters. The molecule has 0 aliphatic heterocycles. The molecule has 0 spiro atoms. The monoisotopic (exact) mass is 973 g/mol. The number of carboxylic acid groups (broad SMARTS) is 1. The van der Waals surface area contributed by atoms with Gasteiger partial charge in [-0.1, -0.05) is 230 Å². The summed E-state index contributed by atoms with van der Waals surface area (Å²) in [7, 11) is 5.55. The number of carbonyl (C=O) groups excluding carboxylic acids is 2. The predicted octanol–water partition coefficient (Wildman–Crippen LogP) is 17.7. The summed E-state index contributed by atoms with van der Waals surface area (Å²) < 4.78 is 17.4. The van der Waals surface area contributed by atoms with Crippen molar-refractivity contribution in [3.8, 4) is 0 Å². The minimum absolute atomic E-state index is 0.0543. The van der Waals surface area contributed by atoms with Gasteiger partial charge in [0.1, 0.15) is 6.61 Å². The Hall–Kier alpha value is -2.45. The first-order chi connectivity index (χ1) is 33.6. The first-order valence-corrected chi connectivity index (χ1v) is 29.5. The van der Waals surface area contributed by atoms with Gasteiger partial charge in [0.05, 0.1) is 34.4 Å². The number of hydrogen-bond acceptors (Lipinski definition) is 6. The number of carboxylic acids is 1. The Morgan fingerprint density at radius 2 is 0.768 bits per heavy atom. The molecule has 0 heterocycles. The second kappa shape index (κ2) is 51.9. The number of quaternary nitrogens is 1. The van der Waals surface area contributed by atoms with Crippen LogP contribution in [0.5, 0.6) is 0 Å². The smallest absolute Gasteiger partial charge is 0.362 e. The van der Waals surface area contributed by atoms with Crippen LogP contribution in [0.4, 0.5) is 0 Å². The number of carbonyl (C=O) groups is 3. The van der Waals surface area contributed by atoms with E-state index in [9.17, 15) is 19.5 Å². The Morgan fingerprint density at radius 3 is 1.13 bits per heavy atom. The highest BCUT2D eigenvalue weighted by Crippen LogP contribution is 2.16. The van der Waals surface area contributed by atoms with Gasteiger partial charge in [0.15, 0.2) is 12.1 Å². The maximum atomic E-state index is 12.8. The highest BCUT2D eigenvalue weighted by Gasteiger charge is 2.31. The molecule has 0 radical (unpaired) electrons. The molecule has 0 fully saturated rings. The van der Waals surface area contributed by atoms with Gasteiger partial charge in [-0.25, -0.2) is 4.79 Å². The van der Waals surface area contributed by atoms with Crippen LogP contribution in [0, 0.1) is 0 Å². The van der Waals surface area contributed by atoms with Crippen LogP contribution < -0.4 is 0 Å². The van der Waals surface area contributed by atoms with E-state index in [1.165, 1.54) is 199 Å². The van der Waals surface area contributed by atoms with Crippen molar-refractivity contribution < 1.29 is 38.2 Å². The van der Waals surface area contributed by atoms with Gasteiger partial charge >= 0.3 is 17.9 Å². The van der Waals surface area contributed by atoms with Crippen LogP contribution >= 0.6 is 0 Å². The predicted molar refractivity (Wildman–Crippen MR) is 294 cm³/mol. The molecule has 2 atom stereocenters. The van der Waals surface area contributed by atoms with E-state index in [2.05, 4.69) is 50.3 Å². The largest absolute Gasteiger partial charge is 0.477 e. The zero-order chi connectivity index (χ0) is 50.6. The molecule has 404 valence electrons. The van der Waals surface area contributed by atoms with Gasteiger partial charge in [0, 0.05) is 19.3 Å². The average molecular weight is 974 g/mol. The fourth-order valence-corrected chi connectivity index (χ4v) is 8.94. The summed E-state index contributed by atoms with van der Waals surface area (Å²) in [5.74, 6) is -1.47. The van der Waals surface area contributed by atoms with Crippen molar-refractivity contribution in [1.29, 1.82) is 0 Å². The number of likely N-dealkylation sites (N-methyl/N-ethyl adjacent to an activating group) is 1. The Balaban J connectivity index is 4.17. The zero-order valence-electron chi connectivity index (χ0n) is 46.3. The molecule has 0 amide bonds. The van der Waals surface area contributed by atoms with Crippen molar-refractivity contribution in [1.82, 2.24) is 0 Å². The van der Waals surface area contributed by atoms with Gasteiger partial charge < -0.3 is 23.8 Å². The molecule has 0 bridgehead atoms. The molecule has 8 nitrogen and oxygen atoms in total. The Kier molecular flexibility index (Phi) is 50.0. The summed E-state index contributed by atoms with van der Waals surface area (Å²) in [5.41, 5.74) is 0. The summed E-state index contributed by atoms with van der Waals surface area (Å²) >= 11 is 0. The third kappa shape index (κ3) is 50.3. The molecule has 0 saturated heterocycles. The lowest BCUT2D eigenvalue weighted by Crippen LogP contribution is -2.50. The molecule has 0 aromatic heterocycles. The van der Waals surface area contributed by atoms with Crippen LogP contribution in [0.25, 0.3) is 0 Å². The SMILES string of the molecule is CCCCCCCCCC/C=C/C/C=C/CCCCCCCCCC(=O)OC(COCCC(C(=O)O)[N+](C)(C)C)COC(=O)CCCCCCCCC/C=C/CCCCCCCCCCCCCC. The molecular formula is C61H114NO7+. The number of nitrogens with zero attached hydrogens (tertiary/aromatic N) is 1. The summed E-state index contributed by atoms with van der Waals surface area (Å²) in [5, 5.41) is 9.68. The number of unbranched alkanes of at least 4 members (excludes halogenated alkanes) is 34. The third-order valence-electron chi connectivity index (χ3n) is 13.5. The van der Waals surface area contributed by atoms with Crippen molar-refractivity contribution in [3.63, 3.8) is 0 Å². The van der Waals surface area contributed by atoms with Crippen molar-refractivity contribution >= 4 is 17.9 Å². The van der Waals surface area contributed by atoms with Gasteiger partial charge in [-0.05, 0) is 70.6 Å². The fraction of sp³-hybridized carbons (Fsp3) is 0.852. The molecule has 0 aromatic rings. The lowest BCUT2D eigenvalue weighted by Gasteiger charge is -2.31. The first kappa shape index (κ1) is 66.6. The molecule has 0 aliphatic rings. The normalized spacial score (nSPS) is 13.0. The number of hydrogen-bond donors (Lipinski definition) is 1. The van der Waals surface area contributed by atoms with Crippen molar-refractivity contribution in [2.75, 3.05) is 41.0 Å². The zero-order valence-corrected chi connectivity index (χ0v) is 46.3. The second-order valence-electron chi connectivity index (χ2n) is 21.2. The topological polar surface area (TPSA) is 99.1 Å². The molecule has 69 heavy (non-hydrogen) atoms. The van der Waals surface area contributed by atoms with Gasteiger partial charge in [0.25, 0.3) is 0 Å². The van der Waals surface area contributed by atoms with Crippen LogP contribution in [-0.4, -0.2) is 80.6 Å². The summed E-state index contributed by atoms with van der Waals surface area (Å²) in [4.78, 5) is 37.3. The van der Waals surface area contributed by atoms with Gasteiger partial charge in [-0.2, -0.15) is 0 Å². The maximum Gasteiger partial charge on any atom is 0.362 e. The molecule has 0 aromatic carbocycles. The molecule has 0 rings (SSSR count). The molecule has 1 N–H and O–H groups in total. The number of allylic oxidation sites excluding steroid dienone is 6. The van der Waals surface area contributed by atoms with E-state index in [1.807, 2.05) is 21.1 Å². The maximum absolute atomic E-state index is 12.8. The average Bonchev–Trinajstić information content (AvgIpc) is 3.31. The summed E-state index contributed by atoms with van der Waals surface area (Å²) in [6.07, 6.45) is 63.5. The molecule has 0 saturated carbocycles. The lowest BCUT2D eigenvalue weighted by atomic mass is 10.0. The number of aliphatic carboxylic acids is 1. The van der Waals surface area contributed by atoms with E-state index < -0.39 is 18.1 Å². The first-order valence-electron chi connectivity index (χ1n) is 29.5. The Morgan fingerprint density at radius 1 is 0.435 bits per heavy atom. The summed E-state index contributed by atoms with van der Waals surface area (Å²) in [6.45, 7) is 4.77. The standard InChI is InChI=1S/C61H113NO7/c1-6-8-10-12-14-16-18-20-22-24-26-28-30-32-33-35-37-39-41-43-45-47-49-51-59(63)68-56-57(55-67-54-53-58(61(65)66)62(3,4)5)69-60(64)52-50-48-46-44-42-40-38-36-34-31-29-27-25-23-21-19-17-15-13-11-9-7-2/h25,27,31-34,57-58H,6-24,26,28-30,35-56H2,1-5H3/p+1/b27-25+,33-32+,34-31+. The summed E-state index contributed by atoms with van der Waals surface area (Å²) in [6, 6.07) is -0.618. The Bertz CT molecular complexity index is 1220. The third-order valence-corrected chi connectivity index (χ3v) is 13.5. The highest BCUT2D eigenvalue weighted by atomic mass is 16.6. The fourth-order valence-electron chi connectivity index (χ4n) is 8.94. The highest BCUT2D eigenvalue weighted by molar-refractivity contribution is 5.72. The number of esters is 2. The van der Waals surface area contributed by atoms with Crippen LogP contribution in [-0.2, 0) is 28.6 Å². The van der Waals surface area contributed by atoms with Gasteiger partial charge in [0.2, 0.25) is 0 Å². The van der Waals surface area contributed by atoms with Gasteiger partial charge in [-0.15, -0.1) is 0 Å². The molecule has 0 aliphatic carbocycles. The quantitative estimate of drug-likeness (QED) is 0.0280. The van der Waals surface area contributed by atoms with E-state index in [0.717, 1.165) is 51.4 Å². The van der Waals surface area contributed by atoms with Gasteiger partial charge in [-0.3, -0.25) is 9.59 Å². The van der Waals surface area contributed by atoms with Crippen molar-refractivity contribution in [2.45, 2.75) is 296 Å². The van der Waals surface area contributed by atoms with E-state index in [-0.39, 0.29) is 36.2 Å². The van der Waals surface area contributed by atoms with E-state index >= 15 is 0 Å². The minimum atomic E-state index is -0.874. The van der Waals surface area contributed by atoms with Crippen LogP contribution in [0.1, 0.15) is 284 Å². The van der Waals surface area contributed by atoms with Crippen molar-refractivity contribution in [3.05, 3.63) is 36.5 Å². The second-order valence-corrected chi connectivity index (χ2v) is 21.2.